The number of carbonyl (C=O) groups is 1. The predicted octanol–water partition coefficient (Wildman–Crippen LogP) is 6.58. The number of thiophene rings is 1. The Hall–Kier alpha value is -2.50. The lowest BCUT2D eigenvalue weighted by molar-refractivity contribution is 0.102. The molecule has 0 saturated carbocycles. The lowest BCUT2D eigenvalue weighted by Crippen LogP contribution is -2.37. The van der Waals surface area contributed by atoms with Crippen molar-refractivity contribution in [1.82, 2.24) is 4.90 Å². The van der Waals surface area contributed by atoms with Gasteiger partial charge in [-0.15, -0.1) is 11.3 Å². The highest BCUT2D eigenvalue weighted by molar-refractivity contribution is 7.16. The third kappa shape index (κ3) is 4.58. The fourth-order valence-electron chi connectivity index (χ4n) is 4.35. The van der Waals surface area contributed by atoms with Crippen LogP contribution >= 0.6 is 11.3 Å². The summed E-state index contributed by atoms with van der Waals surface area (Å²) in [6.07, 6.45) is 2.19. The average molecular weight is 437 g/mol. The maximum absolute atomic E-state index is 15.0. The maximum atomic E-state index is 15.0. The van der Waals surface area contributed by atoms with Crippen molar-refractivity contribution < 1.29 is 9.18 Å². The third-order valence-corrected chi connectivity index (χ3v) is 7.49. The summed E-state index contributed by atoms with van der Waals surface area (Å²) in [5, 5.41) is 3.95. The quantitative estimate of drug-likeness (QED) is 0.490. The minimum absolute atomic E-state index is 0.136. The minimum atomic E-state index is -0.218. The van der Waals surface area contributed by atoms with Crippen LogP contribution in [0, 0.1) is 25.6 Å². The first-order valence-corrected chi connectivity index (χ1v) is 11.7. The molecular formula is C26H29FN2OS. The van der Waals surface area contributed by atoms with Gasteiger partial charge in [-0.1, -0.05) is 43.3 Å². The SMILES string of the molecule is Cc1sc(NC(=O)c2ccccc2)c([C@H](c2ccccc2F)N2CCC(C)CC2)c1C. The number of aryl methyl sites for hydroxylation is 1. The second-order valence-electron chi connectivity index (χ2n) is 8.49. The average Bonchev–Trinajstić information content (AvgIpc) is 3.05. The van der Waals surface area contributed by atoms with E-state index in [9.17, 15) is 4.79 Å². The molecule has 0 bridgehead atoms. The first kappa shape index (κ1) is 21.7. The normalized spacial score (nSPS) is 16.3. The van der Waals surface area contributed by atoms with Gasteiger partial charge in [-0.25, -0.2) is 4.39 Å². The van der Waals surface area contributed by atoms with Gasteiger partial charge in [-0.3, -0.25) is 9.69 Å². The fourth-order valence-corrected chi connectivity index (χ4v) is 5.44. The molecule has 2 aromatic carbocycles. The van der Waals surface area contributed by atoms with E-state index in [2.05, 4.69) is 31.0 Å². The lowest BCUT2D eigenvalue weighted by atomic mass is 9.90. The van der Waals surface area contributed by atoms with Gasteiger partial charge < -0.3 is 5.32 Å². The summed E-state index contributed by atoms with van der Waals surface area (Å²) >= 11 is 1.58. The van der Waals surface area contributed by atoms with Crippen molar-refractivity contribution in [2.24, 2.45) is 5.92 Å². The van der Waals surface area contributed by atoms with Crippen molar-refractivity contribution in [3.05, 3.63) is 87.5 Å². The second kappa shape index (κ2) is 9.33. The van der Waals surface area contributed by atoms with Gasteiger partial charge in [-0.05, 0) is 69.5 Å². The number of amides is 1. The highest BCUT2D eigenvalue weighted by Gasteiger charge is 2.32. The van der Waals surface area contributed by atoms with E-state index in [1.807, 2.05) is 42.5 Å². The fraction of sp³-hybridized carbons (Fsp3) is 0.346. The van der Waals surface area contributed by atoms with Crippen LogP contribution in [0.3, 0.4) is 0 Å². The standard InChI is InChI=1S/C26H29FN2OS/c1-17-13-15-29(16-14-17)24(21-11-7-8-12-22(21)27)23-18(2)19(3)31-26(23)28-25(30)20-9-5-4-6-10-20/h4-12,17,24H,13-16H2,1-3H3,(H,28,30)/t24-/m0/s1. The van der Waals surface area contributed by atoms with Gasteiger partial charge in [0.25, 0.3) is 5.91 Å². The molecule has 0 unspecified atom stereocenters. The molecule has 1 aliphatic heterocycles. The zero-order chi connectivity index (χ0) is 22.0. The Bertz CT molecular complexity index is 1050. The van der Waals surface area contributed by atoms with Gasteiger partial charge in [-0.2, -0.15) is 0 Å². The Balaban J connectivity index is 1.78. The Morgan fingerprint density at radius 1 is 1.06 bits per heavy atom. The van der Waals surface area contributed by atoms with E-state index in [4.69, 9.17) is 0 Å². The summed E-state index contributed by atoms with van der Waals surface area (Å²) < 4.78 is 15.0. The molecule has 4 rings (SSSR count). The zero-order valence-electron chi connectivity index (χ0n) is 18.3. The van der Waals surface area contributed by atoms with Crippen molar-refractivity contribution in [2.75, 3.05) is 18.4 Å². The molecular weight excluding hydrogens is 407 g/mol. The van der Waals surface area contributed by atoms with Crippen molar-refractivity contribution in [2.45, 2.75) is 39.7 Å². The number of hydrogen-bond donors (Lipinski definition) is 1. The second-order valence-corrected chi connectivity index (χ2v) is 9.71. The molecule has 3 aromatic rings. The van der Waals surface area contributed by atoms with Crippen molar-refractivity contribution >= 4 is 22.2 Å². The number of halogens is 1. The number of nitrogens with zero attached hydrogens (tertiary/aromatic N) is 1. The highest BCUT2D eigenvalue weighted by atomic mass is 32.1. The van der Waals surface area contributed by atoms with Crippen LogP contribution in [-0.4, -0.2) is 23.9 Å². The summed E-state index contributed by atoms with van der Waals surface area (Å²) in [5.74, 6) is 0.345. The summed E-state index contributed by atoms with van der Waals surface area (Å²) in [7, 11) is 0. The van der Waals surface area contributed by atoms with Gasteiger partial charge in [0.05, 0.1) is 6.04 Å². The van der Waals surface area contributed by atoms with E-state index >= 15 is 4.39 Å². The van der Waals surface area contributed by atoms with Crippen LogP contribution < -0.4 is 5.32 Å². The largest absolute Gasteiger partial charge is 0.313 e. The summed E-state index contributed by atoms with van der Waals surface area (Å²) in [4.78, 5) is 16.5. The molecule has 1 aliphatic rings. The topological polar surface area (TPSA) is 32.3 Å². The number of anilines is 1. The van der Waals surface area contributed by atoms with Crippen LogP contribution in [0.4, 0.5) is 9.39 Å². The summed E-state index contributed by atoms with van der Waals surface area (Å²) in [5.41, 5.74) is 3.44. The number of rotatable bonds is 5. The lowest BCUT2D eigenvalue weighted by Gasteiger charge is -2.38. The highest BCUT2D eigenvalue weighted by Crippen LogP contribution is 2.44. The van der Waals surface area contributed by atoms with Crippen LogP contribution in [0.1, 0.15) is 57.7 Å². The number of benzene rings is 2. The number of hydrogen-bond acceptors (Lipinski definition) is 3. The Morgan fingerprint density at radius 2 is 1.71 bits per heavy atom. The van der Waals surface area contributed by atoms with Gasteiger partial charge in [0.1, 0.15) is 10.8 Å². The Morgan fingerprint density at radius 3 is 2.39 bits per heavy atom. The van der Waals surface area contributed by atoms with Gasteiger partial charge in [0.15, 0.2) is 0 Å². The number of piperidine rings is 1. The third-order valence-electron chi connectivity index (χ3n) is 6.35. The van der Waals surface area contributed by atoms with Crippen LogP contribution in [-0.2, 0) is 0 Å². The summed E-state index contributed by atoms with van der Waals surface area (Å²) in [6, 6.07) is 16.1. The molecule has 2 heterocycles. The predicted molar refractivity (Wildman–Crippen MR) is 126 cm³/mol. The van der Waals surface area contributed by atoms with Gasteiger partial charge >= 0.3 is 0 Å². The molecule has 1 atom stereocenters. The smallest absolute Gasteiger partial charge is 0.256 e. The van der Waals surface area contributed by atoms with Crippen molar-refractivity contribution in [1.29, 1.82) is 0 Å². The maximum Gasteiger partial charge on any atom is 0.256 e. The van der Waals surface area contributed by atoms with Crippen LogP contribution in [0.15, 0.2) is 54.6 Å². The van der Waals surface area contributed by atoms with Crippen LogP contribution in [0.5, 0.6) is 0 Å². The van der Waals surface area contributed by atoms with E-state index in [1.54, 1.807) is 17.4 Å². The van der Waals surface area contributed by atoms with E-state index < -0.39 is 0 Å². The van der Waals surface area contributed by atoms with E-state index in [0.29, 0.717) is 17.0 Å². The number of carbonyl (C=O) groups excluding carboxylic acids is 1. The first-order valence-electron chi connectivity index (χ1n) is 10.9. The molecule has 162 valence electrons. The van der Waals surface area contributed by atoms with Crippen LogP contribution in [0.25, 0.3) is 0 Å². The van der Waals surface area contributed by atoms with E-state index in [1.165, 1.54) is 6.07 Å². The zero-order valence-corrected chi connectivity index (χ0v) is 19.1. The molecule has 5 heteroatoms. The monoisotopic (exact) mass is 436 g/mol. The minimum Gasteiger partial charge on any atom is -0.313 e. The van der Waals surface area contributed by atoms with Crippen molar-refractivity contribution in [3.63, 3.8) is 0 Å². The molecule has 1 amide bonds. The Kier molecular flexibility index (Phi) is 6.54. The molecule has 3 nitrogen and oxygen atoms in total. The van der Waals surface area contributed by atoms with Gasteiger partial charge in [0, 0.05) is 21.6 Å². The molecule has 1 aromatic heterocycles. The molecule has 0 aliphatic carbocycles. The van der Waals surface area contributed by atoms with E-state index in [0.717, 1.165) is 46.9 Å². The Labute approximate surface area is 187 Å². The number of likely N-dealkylation sites (tertiary alicyclic amines) is 1. The molecule has 0 spiro atoms. The molecule has 1 N–H and O–H groups in total. The first-order chi connectivity index (χ1) is 15.0. The summed E-state index contributed by atoms with van der Waals surface area (Å²) in [6.45, 7) is 8.26. The van der Waals surface area contributed by atoms with E-state index in [-0.39, 0.29) is 17.8 Å². The molecule has 0 radical (unpaired) electrons. The van der Waals surface area contributed by atoms with Crippen molar-refractivity contribution in [3.8, 4) is 0 Å². The molecule has 1 saturated heterocycles. The van der Waals surface area contributed by atoms with Crippen LogP contribution in [0.2, 0.25) is 0 Å². The molecule has 1 fully saturated rings. The number of nitrogens with one attached hydrogen (secondary N) is 1. The molecule has 31 heavy (non-hydrogen) atoms. The van der Waals surface area contributed by atoms with Gasteiger partial charge in [0.2, 0.25) is 0 Å².